The van der Waals surface area contributed by atoms with E-state index in [1.165, 1.54) is 0 Å². The maximum atomic E-state index is 10.3. The van der Waals surface area contributed by atoms with Crippen LogP contribution in [0.5, 0.6) is 0 Å². The van der Waals surface area contributed by atoms with Gasteiger partial charge in [0.25, 0.3) is 0 Å². The Hall–Kier alpha value is 0.480. The van der Waals surface area contributed by atoms with E-state index < -0.39 is 7.29 Å². The molecular weight excluding hydrogens is 120 g/mol. The predicted molar refractivity (Wildman–Crippen MR) is 28.4 cm³/mol. The molecule has 0 bridgehead atoms. The van der Waals surface area contributed by atoms with Crippen molar-refractivity contribution in [2.45, 2.75) is 0 Å². The van der Waals surface area contributed by atoms with Crippen LogP contribution in [-0.4, -0.2) is 13.3 Å². The van der Waals surface area contributed by atoms with Gasteiger partial charge in [0.2, 0.25) is 0 Å². The highest BCUT2D eigenvalue weighted by atomic mass is 35.5. The van der Waals surface area contributed by atoms with Crippen molar-refractivity contribution in [3.05, 3.63) is 0 Å². The lowest BCUT2D eigenvalue weighted by molar-refractivity contribution is 0.581. The van der Waals surface area contributed by atoms with E-state index in [0.717, 1.165) is 0 Å². The molecule has 0 saturated carbocycles. The zero-order valence-corrected chi connectivity index (χ0v) is 5.38. The van der Waals surface area contributed by atoms with Crippen molar-refractivity contribution in [1.29, 1.82) is 0 Å². The van der Waals surface area contributed by atoms with Crippen LogP contribution >= 0.6 is 19.1 Å². The van der Waals surface area contributed by atoms with Crippen LogP contribution in [0.25, 0.3) is 0 Å². The number of hydrogen-bond donors (Lipinski definition) is 1. The predicted octanol–water partition coefficient (Wildman–Crippen LogP) is 1.27. The van der Waals surface area contributed by atoms with E-state index in [9.17, 15) is 4.57 Å². The molecule has 0 saturated heterocycles. The summed E-state index contributed by atoms with van der Waals surface area (Å²) >= 11 is 4.96. The first kappa shape index (κ1) is 6.48. The van der Waals surface area contributed by atoms with E-state index in [-0.39, 0.29) is 0 Å². The summed E-state index contributed by atoms with van der Waals surface area (Å²) in [6, 6.07) is 0. The van der Waals surface area contributed by atoms with E-state index in [0.29, 0.717) is 0 Å². The number of hydrogen-bond acceptors (Lipinski definition) is 1. The molecular formula is C2H7ClNOP. The monoisotopic (exact) mass is 127 g/mol. The van der Waals surface area contributed by atoms with E-state index >= 15 is 0 Å². The third-order valence-electron chi connectivity index (χ3n) is 0.204. The summed E-state index contributed by atoms with van der Waals surface area (Å²) in [5.74, 6) is 0. The summed E-state index contributed by atoms with van der Waals surface area (Å²) in [4.78, 5) is 0. The topological polar surface area (TPSA) is 29.1 Å². The first-order valence-electron chi connectivity index (χ1n) is 1.49. The van der Waals surface area contributed by atoms with Gasteiger partial charge in [-0.05, 0) is 11.8 Å². The quantitative estimate of drug-likeness (QED) is 0.425. The fourth-order valence-corrected chi connectivity index (χ4v) is 0. The summed E-state index contributed by atoms with van der Waals surface area (Å²) in [5.41, 5.74) is 0. The van der Waals surface area contributed by atoms with Crippen molar-refractivity contribution in [3.8, 4) is 0 Å². The molecule has 38 valence electrons. The van der Waals surface area contributed by atoms with Crippen molar-refractivity contribution in [3.63, 3.8) is 0 Å². The summed E-state index contributed by atoms with van der Waals surface area (Å²) in [7, 11) is -2.13. The number of nitrogens with one attached hydrogen (secondary N) is 1. The number of halogens is 1. The van der Waals surface area contributed by atoms with Crippen molar-refractivity contribution >= 4 is 19.1 Å². The van der Waals surface area contributed by atoms with Crippen LogP contribution in [0.4, 0.5) is 0 Å². The molecule has 0 spiro atoms. The first-order valence-corrected chi connectivity index (χ1v) is 4.47. The lowest BCUT2D eigenvalue weighted by Crippen LogP contribution is -1.88. The second kappa shape index (κ2) is 1.97. The Morgan fingerprint density at radius 3 is 1.83 bits per heavy atom. The first-order chi connectivity index (χ1) is 2.56. The van der Waals surface area contributed by atoms with Gasteiger partial charge in [0.15, 0.2) is 7.29 Å². The molecule has 0 aromatic carbocycles. The Morgan fingerprint density at radius 2 is 1.83 bits per heavy atom. The average Bonchev–Trinajstić information content (AvgIpc) is 1.35. The molecule has 4 heteroatoms. The summed E-state index contributed by atoms with van der Waals surface area (Å²) in [6.45, 7) is 3.11. The highest BCUT2D eigenvalue weighted by Gasteiger charge is 1.99. The number of rotatable bonds is 1. The van der Waals surface area contributed by atoms with Crippen LogP contribution in [0.1, 0.15) is 0 Å². The maximum absolute atomic E-state index is 10.3. The van der Waals surface area contributed by atoms with Gasteiger partial charge in [-0.2, -0.15) is 4.61 Å². The Labute approximate surface area is 42.4 Å². The molecule has 0 aliphatic rings. The minimum Gasteiger partial charge on any atom is -0.306 e. The van der Waals surface area contributed by atoms with Crippen LogP contribution in [0.2, 0.25) is 0 Å². The molecule has 6 heavy (non-hydrogen) atoms. The fraction of sp³-hybridized carbons (Fsp3) is 1.00. The average molecular weight is 128 g/mol. The van der Waals surface area contributed by atoms with Crippen LogP contribution in [-0.2, 0) is 4.57 Å². The molecule has 1 N–H and O–H groups in total. The maximum Gasteiger partial charge on any atom is 0.155 e. The highest BCUT2D eigenvalue weighted by molar-refractivity contribution is 7.61. The van der Waals surface area contributed by atoms with E-state index in [1.807, 2.05) is 0 Å². The normalized spacial score (nSPS) is 11.8. The molecule has 0 fully saturated rings. The van der Waals surface area contributed by atoms with Gasteiger partial charge in [0.05, 0.1) is 0 Å². The van der Waals surface area contributed by atoms with Crippen LogP contribution in [0.15, 0.2) is 0 Å². The molecule has 0 aliphatic carbocycles. The second-order valence-corrected chi connectivity index (χ2v) is 4.81. The van der Waals surface area contributed by atoms with E-state index in [1.54, 1.807) is 13.3 Å². The van der Waals surface area contributed by atoms with Crippen LogP contribution in [0.3, 0.4) is 0 Å². The molecule has 0 atom stereocenters. The smallest absolute Gasteiger partial charge is 0.155 e. The van der Waals surface area contributed by atoms with Gasteiger partial charge in [-0.25, -0.2) is 0 Å². The molecule has 0 radical (unpaired) electrons. The molecule has 2 nitrogen and oxygen atoms in total. The molecule has 0 rings (SSSR count). The standard InChI is InChI=1S/C2H7ClNOP/c1-6(2,5)4-3/h1-2H3,(H,4,5). The Kier molecular flexibility index (Phi) is 2.12. The largest absolute Gasteiger partial charge is 0.306 e. The Balaban J connectivity index is 3.48. The van der Waals surface area contributed by atoms with Gasteiger partial charge in [-0.1, -0.05) is 0 Å². The van der Waals surface area contributed by atoms with Crippen molar-refractivity contribution in [1.82, 2.24) is 4.61 Å². The molecule has 0 aliphatic heterocycles. The van der Waals surface area contributed by atoms with Crippen LogP contribution in [0, 0.1) is 0 Å². The molecule has 0 aromatic heterocycles. The van der Waals surface area contributed by atoms with Gasteiger partial charge >= 0.3 is 0 Å². The third kappa shape index (κ3) is 4.48. The fourth-order valence-electron chi connectivity index (χ4n) is 0. The Morgan fingerprint density at radius 1 is 1.67 bits per heavy atom. The van der Waals surface area contributed by atoms with Crippen molar-refractivity contribution in [2.75, 3.05) is 13.3 Å². The zero-order valence-electron chi connectivity index (χ0n) is 3.73. The van der Waals surface area contributed by atoms with Gasteiger partial charge < -0.3 is 4.57 Å². The summed E-state index contributed by atoms with van der Waals surface area (Å²) in [6.07, 6.45) is 0. The lowest BCUT2D eigenvalue weighted by atomic mass is 11.9. The molecule has 0 unspecified atom stereocenters. The van der Waals surface area contributed by atoms with Gasteiger partial charge in [0, 0.05) is 13.3 Å². The minimum atomic E-state index is -2.13. The van der Waals surface area contributed by atoms with Gasteiger partial charge in [0.1, 0.15) is 0 Å². The second-order valence-electron chi connectivity index (χ2n) is 1.44. The minimum absolute atomic E-state index is 1.56. The van der Waals surface area contributed by atoms with E-state index in [4.69, 9.17) is 11.8 Å². The van der Waals surface area contributed by atoms with E-state index in [2.05, 4.69) is 4.61 Å². The highest BCUT2D eigenvalue weighted by Crippen LogP contribution is 2.29. The zero-order chi connectivity index (χ0) is 5.21. The van der Waals surface area contributed by atoms with Crippen LogP contribution < -0.4 is 4.61 Å². The third-order valence-corrected chi connectivity index (χ3v) is 1.83. The Bertz CT molecular complexity index is 77.6. The lowest BCUT2D eigenvalue weighted by Gasteiger charge is -1.96. The van der Waals surface area contributed by atoms with Gasteiger partial charge in [-0.15, -0.1) is 0 Å². The molecule has 0 heterocycles. The SMILES string of the molecule is CP(C)(=O)NCl. The summed E-state index contributed by atoms with van der Waals surface area (Å²) in [5, 5.41) is 0. The van der Waals surface area contributed by atoms with Crippen molar-refractivity contribution in [2.24, 2.45) is 0 Å². The van der Waals surface area contributed by atoms with Gasteiger partial charge in [-0.3, -0.25) is 0 Å². The summed E-state index contributed by atoms with van der Waals surface area (Å²) < 4.78 is 12.5. The van der Waals surface area contributed by atoms with Crippen molar-refractivity contribution < 1.29 is 4.57 Å². The molecule has 0 amide bonds. The molecule has 0 aromatic rings.